The van der Waals surface area contributed by atoms with Gasteiger partial charge in [-0.25, -0.2) is 0 Å². The van der Waals surface area contributed by atoms with E-state index < -0.39 is 6.10 Å². The maximum atomic E-state index is 12.7. The minimum atomic E-state index is -0.762. The summed E-state index contributed by atoms with van der Waals surface area (Å²) in [5, 5.41) is 0. The van der Waals surface area contributed by atoms with Crippen LogP contribution in [-0.2, 0) is 28.6 Å². The van der Waals surface area contributed by atoms with Crippen LogP contribution < -0.4 is 0 Å². The second-order valence-electron chi connectivity index (χ2n) is 18.5. The molecule has 62 heavy (non-hydrogen) atoms. The summed E-state index contributed by atoms with van der Waals surface area (Å²) < 4.78 is 16.7. The van der Waals surface area contributed by atoms with Gasteiger partial charge in [-0.3, -0.25) is 14.4 Å². The van der Waals surface area contributed by atoms with Crippen LogP contribution in [0.2, 0.25) is 0 Å². The van der Waals surface area contributed by atoms with Crippen LogP contribution in [0.1, 0.15) is 297 Å². The smallest absolute Gasteiger partial charge is 0.306 e. The van der Waals surface area contributed by atoms with E-state index in [-0.39, 0.29) is 31.1 Å². The van der Waals surface area contributed by atoms with Crippen molar-refractivity contribution < 1.29 is 28.6 Å². The van der Waals surface area contributed by atoms with Gasteiger partial charge in [-0.2, -0.15) is 0 Å². The number of carbonyl (C=O) groups excluding carboxylic acids is 3. The van der Waals surface area contributed by atoms with Crippen LogP contribution in [0.5, 0.6) is 0 Å². The SMILES string of the molecule is CCCCCCC/C=C\C/C=C\CCCCCCCCCCCCCCCCCC(=O)OCC(COC(=O)CCCCCCCCC)OC(=O)CCCCCCCCCCCC. The number of hydrogen-bond acceptors (Lipinski definition) is 6. The van der Waals surface area contributed by atoms with Gasteiger partial charge >= 0.3 is 17.9 Å². The second-order valence-corrected chi connectivity index (χ2v) is 18.5. The van der Waals surface area contributed by atoms with Gasteiger partial charge in [-0.05, 0) is 51.4 Å². The van der Waals surface area contributed by atoms with E-state index in [0.717, 1.165) is 64.2 Å². The maximum absolute atomic E-state index is 12.7. The zero-order chi connectivity index (χ0) is 45.1. The molecule has 0 amide bonds. The highest BCUT2D eigenvalue weighted by Gasteiger charge is 2.19. The molecule has 0 aromatic rings. The lowest BCUT2D eigenvalue weighted by atomic mass is 10.0. The molecule has 0 saturated carbocycles. The summed E-state index contributed by atoms with van der Waals surface area (Å²) in [6.45, 7) is 6.60. The fourth-order valence-corrected chi connectivity index (χ4v) is 8.06. The molecule has 0 radical (unpaired) electrons. The highest BCUT2D eigenvalue weighted by Crippen LogP contribution is 2.16. The molecular weight excluding hydrogens is 769 g/mol. The molecule has 0 aliphatic heterocycles. The molecule has 0 heterocycles. The van der Waals surface area contributed by atoms with Crippen LogP contribution in [0.4, 0.5) is 0 Å². The zero-order valence-corrected chi connectivity index (χ0v) is 41.7. The molecule has 0 aliphatic carbocycles. The molecule has 1 unspecified atom stereocenters. The Kier molecular flexibility index (Phi) is 49.8. The highest BCUT2D eigenvalue weighted by atomic mass is 16.6. The van der Waals surface area contributed by atoms with E-state index in [1.54, 1.807) is 0 Å². The molecule has 6 nitrogen and oxygen atoms in total. The first-order valence-electron chi connectivity index (χ1n) is 27.3. The van der Waals surface area contributed by atoms with E-state index in [1.807, 2.05) is 0 Å². The summed E-state index contributed by atoms with van der Waals surface area (Å²) in [7, 11) is 0. The number of carbonyl (C=O) groups is 3. The van der Waals surface area contributed by atoms with Crippen molar-refractivity contribution in [1.29, 1.82) is 0 Å². The molecule has 0 aliphatic rings. The normalized spacial score (nSPS) is 12.1. The summed E-state index contributed by atoms with van der Waals surface area (Å²) in [5.41, 5.74) is 0. The van der Waals surface area contributed by atoms with Crippen molar-refractivity contribution in [2.45, 2.75) is 303 Å². The van der Waals surface area contributed by atoms with E-state index in [4.69, 9.17) is 14.2 Å². The molecule has 0 spiro atoms. The first-order chi connectivity index (χ1) is 30.5. The third kappa shape index (κ3) is 48.9. The number of rotatable bonds is 50. The Bertz CT molecular complexity index is 1000. The Hall–Kier alpha value is -2.11. The summed E-state index contributed by atoms with van der Waals surface area (Å²) >= 11 is 0. The Morgan fingerprint density at radius 2 is 0.581 bits per heavy atom. The van der Waals surface area contributed by atoms with Gasteiger partial charge in [-0.15, -0.1) is 0 Å². The molecule has 0 rings (SSSR count). The van der Waals surface area contributed by atoms with Crippen molar-refractivity contribution in [2.75, 3.05) is 13.2 Å². The summed E-state index contributed by atoms with van der Waals surface area (Å²) in [6, 6.07) is 0. The Balaban J connectivity index is 4.00. The van der Waals surface area contributed by atoms with E-state index in [2.05, 4.69) is 45.1 Å². The van der Waals surface area contributed by atoms with Gasteiger partial charge in [0.1, 0.15) is 13.2 Å². The van der Waals surface area contributed by atoms with Gasteiger partial charge in [-0.1, -0.05) is 251 Å². The summed E-state index contributed by atoms with van der Waals surface area (Å²) in [6.07, 6.45) is 59.2. The number of unbranched alkanes of at least 4 members (excludes halogenated alkanes) is 35. The third-order valence-corrected chi connectivity index (χ3v) is 12.2. The van der Waals surface area contributed by atoms with Gasteiger partial charge in [0.05, 0.1) is 0 Å². The van der Waals surface area contributed by atoms with Crippen LogP contribution in [0, 0.1) is 0 Å². The van der Waals surface area contributed by atoms with Crippen molar-refractivity contribution in [3.8, 4) is 0 Å². The lowest BCUT2D eigenvalue weighted by molar-refractivity contribution is -0.167. The molecule has 0 saturated heterocycles. The molecule has 1 atom stereocenters. The average molecular weight is 873 g/mol. The first-order valence-corrected chi connectivity index (χ1v) is 27.3. The van der Waals surface area contributed by atoms with Gasteiger partial charge < -0.3 is 14.2 Å². The van der Waals surface area contributed by atoms with Gasteiger partial charge in [0, 0.05) is 19.3 Å². The Morgan fingerprint density at radius 3 is 0.887 bits per heavy atom. The number of ether oxygens (including phenoxy) is 3. The monoisotopic (exact) mass is 873 g/mol. The molecule has 364 valence electrons. The van der Waals surface area contributed by atoms with Gasteiger partial charge in [0.2, 0.25) is 0 Å². The lowest BCUT2D eigenvalue weighted by Crippen LogP contribution is -2.30. The van der Waals surface area contributed by atoms with E-state index in [0.29, 0.717) is 19.3 Å². The molecule has 0 aromatic heterocycles. The van der Waals surface area contributed by atoms with Gasteiger partial charge in [0.15, 0.2) is 6.10 Å². The van der Waals surface area contributed by atoms with Crippen molar-refractivity contribution in [2.24, 2.45) is 0 Å². The van der Waals surface area contributed by atoms with E-state index in [1.165, 1.54) is 193 Å². The fourth-order valence-electron chi connectivity index (χ4n) is 8.06. The van der Waals surface area contributed by atoms with Crippen LogP contribution in [0.3, 0.4) is 0 Å². The molecule has 0 N–H and O–H groups in total. The van der Waals surface area contributed by atoms with E-state index in [9.17, 15) is 14.4 Å². The molecule has 6 heteroatoms. The topological polar surface area (TPSA) is 78.9 Å². The van der Waals surface area contributed by atoms with Crippen molar-refractivity contribution in [3.63, 3.8) is 0 Å². The van der Waals surface area contributed by atoms with Crippen LogP contribution in [0.15, 0.2) is 24.3 Å². The van der Waals surface area contributed by atoms with E-state index >= 15 is 0 Å². The van der Waals surface area contributed by atoms with Crippen LogP contribution in [0.25, 0.3) is 0 Å². The quantitative estimate of drug-likeness (QED) is 0.0262. The van der Waals surface area contributed by atoms with Crippen molar-refractivity contribution in [3.05, 3.63) is 24.3 Å². The maximum Gasteiger partial charge on any atom is 0.306 e. The predicted octanol–water partition coefficient (Wildman–Crippen LogP) is 17.9. The predicted molar refractivity (Wildman–Crippen MR) is 266 cm³/mol. The van der Waals surface area contributed by atoms with Crippen LogP contribution >= 0.6 is 0 Å². The zero-order valence-electron chi connectivity index (χ0n) is 41.7. The average Bonchev–Trinajstić information content (AvgIpc) is 3.27. The molecule has 0 bridgehead atoms. The second kappa shape index (κ2) is 51.5. The van der Waals surface area contributed by atoms with Gasteiger partial charge in [0.25, 0.3) is 0 Å². The van der Waals surface area contributed by atoms with Crippen molar-refractivity contribution in [1.82, 2.24) is 0 Å². The van der Waals surface area contributed by atoms with Crippen LogP contribution in [-0.4, -0.2) is 37.2 Å². The number of allylic oxidation sites excluding steroid dienone is 4. The fraction of sp³-hybridized carbons (Fsp3) is 0.875. The summed E-state index contributed by atoms with van der Waals surface area (Å²) in [4.78, 5) is 37.7. The largest absolute Gasteiger partial charge is 0.462 e. The Labute approximate surface area is 385 Å². The summed E-state index contributed by atoms with van der Waals surface area (Å²) in [5.74, 6) is -0.862. The Morgan fingerprint density at radius 1 is 0.323 bits per heavy atom. The molecule has 0 fully saturated rings. The highest BCUT2D eigenvalue weighted by molar-refractivity contribution is 5.71. The minimum absolute atomic E-state index is 0.0665. The minimum Gasteiger partial charge on any atom is -0.462 e. The number of esters is 3. The number of hydrogen-bond donors (Lipinski definition) is 0. The third-order valence-electron chi connectivity index (χ3n) is 12.2. The first kappa shape index (κ1) is 59.9. The molecular formula is C56H104O6. The lowest BCUT2D eigenvalue weighted by Gasteiger charge is -2.18. The van der Waals surface area contributed by atoms with Crippen molar-refractivity contribution >= 4 is 17.9 Å². The standard InChI is InChI=1S/C56H104O6/c1-4-7-10-13-16-18-20-21-22-23-24-25-26-27-28-29-30-31-32-33-34-35-36-38-40-43-46-49-55(58)61-52-53(51-60-54(57)48-45-42-39-15-12-9-6-3)62-56(59)50-47-44-41-37-19-17-14-11-8-5-2/h20-21,23-24,53H,4-19,22,25-52H2,1-3H3/b21-20-,24-23-. The molecule has 0 aromatic carbocycles.